The molecule has 2 aliphatic heterocycles. The summed E-state index contributed by atoms with van der Waals surface area (Å²) in [6.07, 6.45) is 9.48. The quantitative estimate of drug-likeness (QED) is 0.410. The Balaban J connectivity index is 0.00000141. The maximum absolute atomic E-state index is 13.7. The molecule has 0 bridgehead atoms. The number of nitrogens with one attached hydrogen (secondary N) is 1. The minimum atomic E-state index is -0.0513. The van der Waals surface area contributed by atoms with Crippen molar-refractivity contribution in [2.75, 3.05) is 35.5 Å². The Kier molecular flexibility index (Phi) is 8.19. The maximum Gasteiger partial charge on any atom is 0.256 e. The van der Waals surface area contributed by atoms with Gasteiger partial charge in [0.2, 0.25) is 0 Å². The molecular weight excluding hydrogens is 526 g/mol. The van der Waals surface area contributed by atoms with Gasteiger partial charge in [-0.05, 0) is 57.2 Å². The molecule has 1 amide bonds. The van der Waals surface area contributed by atoms with Crippen molar-refractivity contribution in [3.05, 3.63) is 51.8 Å². The van der Waals surface area contributed by atoms with E-state index in [0.717, 1.165) is 71.8 Å². The first-order valence-electron chi connectivity index (χ1n) is 11.8. The highest BCUT2D eigenvalue weighted by atomic mass is 79.9. The molecule has 0 aliphatic carbocycles. The largest absolute Gasteiger partial charge is 0.356 e. The van der Waals surface area contributed by atoms with Gasteiger partial charge in [-0.2, -0.15) is 5.10 Å². The van der Waals surface area contributed by atoms with Crippen LogP contribution in [0.1, 0.15) is 59.8 Å². The molecule has 3 aromatic rings. The second kappa shape index (κ2) is 11.3. The summed E-state index contributed by atoms with van der Waals surface area (Å²) in [7, 11) is 0. The lowest BCUT2D eigenvalue weighted by Gasteiger charge is -2.35. The van der Waals surface area contributed by atoms with E-state index in [1.165, 1.54) is 24.8 Å². The summed E-state index contributed by atoms with van der Waals surface area (Å²) in [5.41, 5.74) is 4.42. The molecule has 2 aliphatic rings. The molecule has 5 rings (SSSR count). The Morgan fingerprint density at radius 2 is 1.91 bits per heavy atom. The summed E-state index contributed by atoms with van der Waals surface area (Å²) < 4.78 is 6.03. The average molecular weight is 557 g/mol. The smallest absolute Gasteiger partial charge is 0.256 e. The van der Waals surface area contributed by atoms with Gasteiger partial charge in [0.1, 0.15) is 5.82 Å². The van der Waals surface area contributed by atoms with Gasteiger partial charge in [0.05, 0.1) is 23.0 Å². The van der Waals surface area contributed by atoms with Gasteiger partial charge in [-0.1, -0.05) is 27.9 Å². The molecule has 2 saturated heterocycles. The standard InChI is InChI=1S/C24H29BrN6OS.CHN/c1-16-15-31-22(26-23(16)29-10-5-6-11-29)14-20(27-31)21-7-3-4-12-30(21)24(32)18-13-17(25)8-9-19(18)28-33-2;1-2/h8-9,13-15,21,28H,3-7,10-12H2,1-2H3;1H. The number of anilines is 2. The van der Waals surface area contributed by atoms with E-state index in [1.54, 1.807) is 0 Å². The van der Waals surface area contributed by atoms with Gasteiger partial charge in [-0.15, -0.1) is 0 Å². The molecule has 0 spiro atoms. The van der Waals surface area contributed by atoms with Crippen LogP contribution < -0.4 is 9.62 Å². The molecule has 8 nitrogen and oxygen atoms in total. The third-order valence-corrected chi connectivity index (χ3v) is 7.48. The van der Waals surface area contributed by atoms with Crippen LogP contribution in [0.2, 0.25) is 0 Å². The number of aromatic nitrogens is 3. The molecule has 4 heterocycles. The summed E-state index contributed by atoms with van der Waals surface area (Å²) in [4.78, 5) is 23.0. The molecule has 10 heteroatoms. The Morgan fingerprint density at radius 1 is 1.17 bits per heavy atom. The number of likely N-dealkylation sites (tertiary alicyclic amines) is 1. The van der Waals surface area contributed by atoms with Gasteiger partial charge in [0.15, 0.2) is 5.65 Å². The number of aryl methyl sites for hydroxylation is 1. The predicted octanol–water partition coefficient (Wildman–Crippen LogP) is 5.60. The number of carbonyl (C=O) groups is 1. The van der Waals surface area contributed by atoms with Crippen molar-refractivity contribution in [3.63, 3.8) is 0 Å². The predicted molar refractivity (Wildman–Crippen MR) is 145 cm³/mol. The van der Waals surface area contributed by atoms with Crippen LogP contribution in [0.5, 0.6) is 0 Å². The van der Waals surface area contributed by atoms with E-state index in [-0.39, 0.29) is 11.9 Å². The van der Waals surface area contributed by atoms with E-state index in [9.17, 15) is 4.79 Å². The molecule has 2 aromatic heterocycles. The molecule has 2 fully saturated rings. The van der Waals surface area contributed by atoms with E-state index in [4.69, 9.17) is 15.3 Å². The number of nitrogens with zero attached hydrogens (tertiary/aromatic N) is 6. The first kappa shape index (κ1) is 25.3. The molecule has 1 N–H and O–H groups in total. The lowest BCUT2D eigenvalue weighted by molar-refractivity contribution is 0.0606. The summed E-state index contributed by atoms with van der Waals surface area (Å²) in [6, 6.07) is 7.83. The van der Waals surface area contributed by atoms with Crippen molar-refractivity contribution in [2.45, 2.75) is 45.1 Å². The van der Waals surface area contributed by atoms with Crippen LogP contribution in [0.3, 0.4) is 0 Å². The van der Waals surface area contributed by atoms with Crippen LogP contribution in [0.4, 0.5) is 11.5 Å². The molecule has 0 radical (unpaired) electrons. The number of nitriles is 1. The van der Waals surface area contributed by atoms with Crippen LogP contribution in [0.15, 0.2) is 34.9 Å². The first-order valence-corrected chi connectivity index (χ1v) is 13.8. The van der Waals surface area contributed by atoms with Crippen molar-refractivity contribution in [1.82, 2.24) is 19.5 Å². The summed E-state index contributed by atoms with van der Waals surface area (Å²) in [5, 5.41) is 11.4. The Morgan fingerprint density at radius 3 is 2.66 bits per heavy atom. The first-order chi connectivity index (χ1) is 17.0. The second-order valence-corrected chi connectivity index (χ2v) is 10.3. The Hall–Kier alpha value is -2.77. The highest BCUT2D eigenvalue weighted by Gasteiger charge is 2.32. The van der Waals surface area contributed by atoms with Crippen molar-refractivity contribution in [1.29, 1.82) is 5.26 Å². The molecule has 184 valence electrons. The van der Waals surface area contributed by atoms with Crippen molar-refractivity contribution in [3.8, 4) is 6.57 Å². The van der Waals surface area contributed by atoms with Gasteiger partial charge >= 0.3 is 0 Å². The van der Waals surface area contributed by atoms with E-state index in [1.807, 2.05) is 33.9 Å². The number of amides is 1. The zero-order valence-electron chi connectivity index (χ0n) is 20.1. The van der Waals surface area contributed by atoms with Gasteiger partial charge < -0.3 is 14.5 Å². The summed E-state index contributed by atoms with van der Waals surface area (Å²) in [6.45, 7) is 8.46. The van der Waals surface area contributed by atoms with Crippen LogP contribution in [0.25, 0.3) is 5.65 Å². The van der Waals surface area contributed by atoms with Crippen LogP contribution >= 0.6 is 27.9 Å². The second-order valence-electron chi connectivity index (χ2n) is 8.82. The van der Waals surface area contributed by atoms with Gasteiger partial charge in [0, 0.05) is 54.8 Å². The Bertz CT molecular complexity index is 1220. The fraction of sp³-hybridized carbons (Fsp3) is 0.440. The highest BCUT2D eigenvalue weighted by molar-refractivity contribution is 9.10. The molecule has 35 heavy (non-hydrogen) atoms. The van der Waals surface area contributed by atoms with Gasteiger partial charge in [-0.25, -0.2) is 14.8 Å². The zero-order chi connectivity index (χ0) is 24.9. The minimum Gasteiger partial charge on any atom is -0.356 e. The molecule has 0 saturated carbocycles. The molecular formula is C25H30BrN7OS. The van der Waals surface area contributed by atoms with Crippen LogP contribution in [-0.2, 0) is 0 Å². The molecule has 1 unspecified atom stereocenters. The zero-order valence-corrected chi connectivity index (χ0v) is 22.5. The topological polar surface area (TPSA) is 89.6 Å². The van der Waals surface area contributed by atoms with Crippen molar-refractivity contribution < 1.29 is 4.79 Å². The van der Waals surface area contributed by atoms with E-state index in [0.29, 0.717) is 5.56 Å². The number of halogens is 1. The van der Waals surface area contributed by atoms with Gasteiger partial charge in [-0.3, -0.25) is 4.79 Å². The fourth-order valence-corrected chi connectivity index (χ4v) is 5.72. The van der Waals surface area contributed by atoms with E-state index >= 15 is 0 Å². The Labute approximate surface area is 219 Å². The lowest BCUT2D eigenvalue weighted by Crippen LogP contribution is -2.39. The summed E-state index contributed by atoms with van der Waals surface area (Å²) >= 11 is 5.02. The number of benzene rings is 1. The van der Waals surface area contributed by atoms with Crippen molar-refractivity contribution in [2.24, 2.45) is 0 Å². The number of piperidine rings is 1. The number of carbonyl (C=O) groups excluding carboxylic acids is 1. The summed E-state index contributed by atoms with van der Waals surface area (Å²) in [5.74, 6) is 1.10. The van der Waals surface area contributed by atoms with Gasteiger partial charge in [0.25, 0.3) is 5.91 Å². The third kappa shape index (κ3) is 5.26. The average Bonchev–Trinajstić information content (AvgIpc) is 3.55. The SMILES string of the molecule is C#N.CSNc1ccc(Br)cc1C(=O)N1CCCCC1c1cc2nc(N3CCCC3)c(C)cn2n1. The van der Waals surface area contributed by atoms with Crippen LogP contribution in [0, 0.1) is 18.8 Å². The van der Waals surface area contributed by atoms with E-state index < -0.39 is 0 Å². The molecule has 1 aromatic carbocycles. The number of rotatable bonds is 5. The molecule has 1 atom stereocenters. The lowest BCUT2D eigenvalue weighted by atomic mass is 9.98. The monoisotopic (exact) mass is 555 g/mol. The normalized spacial score (nSPS) is 17.8. The van der Waals surface area contributed by atoms with E-state index in [2.05, 4.69) is 51.3 Å². The third-order valence-electron chi connectivity index (χ3n) is 6.56. The number of hydrogen-bond donors (Lipinski definition) is 1. The number of fused-ring (bicyclic) bond motifs is 1. The maximum atomic E-state index is 13.7. The highest BCUT2D eigenvalue weighted by Crippen LogP contribution is 2.34. The minimum absolute atomic E-state index is 0.0384. The van der Waals surface area contributed by atoms with Crippen LogP contribution in [-0.4, -0.2) is 51.3 Å². The van der Waals surface area contributed by atoms with Crippen molar-refractivity contribution >= 4 is 50.9 Å². The number of hydrogen-bond acceptors (Lipinski definition) is 7. The fourth-order valence-electron chi connectivity index (χ4n) is 4.96.